The number of methoxy groups -OCH3 is 1. The van der Waals surface area contributed by atoms with Gasteiger partial charge in [-0.15, -0.1) is 0 Å². The number of hydrogen-bond acceptors (Lipinski definition) is 4. The molecular formula is C15H28N2O3. The maximum atomic E-state index is 12.6. The summed E-state index contributed by atoms with van der Waals surface area (Å²) in [6, 6.07) is -0.0654. The Hall–Kier alpha value is -1.10. The van der Waals surface area contributed by atoms with E-state index >= 15 is 0 Å². The molecule has 1 saturated carbocycles. The Bertz CT molecular complexity index is 329. The van der Waals surface area contributed by atoms with Crippen molar-refractivity contribution in [3.8, 4) is 0 Å². The Balaban J connectivity index is 2.74. The van der Waals surface area contributed by atoms with E-state index in [2.05, 4.69) is 13.8 Å². The van der Waals surface area contributed by atoms with Crippen molar-refractivity contribution in [1.29, 1.82) is 0 Å². The molecule has 0 saturated heterocycles. The molecule has 1 fully saturated rings. The standard InChI is InChI=1S/C15H28N2O3/c1-4-11(5-2)9-17(10-14(18)20-3)15(19)12-7-6-8-13(12)16/h11-13H,4-10,16H2,1-3H3. The van der Waals surface area contributed by atoms with Gasteiger partial charge in [0.1, 0.15) is 6.54 Å². The molecule has 2 N–H and O–H groups in total. The van der Waals surface area contributed by atoms with Crippen molar-refractivity contribution >= 4 is 11.9 Å². The molecule has 1 aliphatic rings. The molecule has 5 nitrogen and oxygen atoms in total. The molecule has 5 heteroatoms. The lowest BCUT2D eigenvalue weighted by molar-refractivity contribution is -0.149. The molecule has 0 aliphatic heterocycles. The van der Waals surface area contributed by atoms with E-state index in [4.69, 9.17) is 10.5 Å². The van der Waals surface area contributed by atoms with Crippen LogP contribution in [0.2, 0.25) is 0 Å². The summed E-state index contributed by atoms with van der Waals surface area (Å²) < 4.78 is 4.71. The predicted octanol–water partition coefficient (Wildman–Crippen LogP) is 1.55. The van der Waals surface area contributed by atoms with E-state index in [0.29, 0.717) is 12.5 Å². The highest BCUT2D eigenvalue weighted by Gasteiger charge is 2.34. The zero-order chi connectivity index (χ0) is 15.1. The predicted molar refractivity (Wildman–Crippen MR) is 78.0 cm³/mol. The van der Waals surface area contributed by atoms with Crippen molar-refractivity contribution in [1.82, 2.24) is 4.90 Å². The summed E-state index contributed by atoms with van der Waals surface area (Å²) in [7, 11) is 1.35. The van der Waals surface area contributed by atoms with Gasteiger partial charge in [0, 0.05) is 12.6 Å². The van der Waals surface area contributed by atoms with Crippen LogP contribution in [-0.4, -0.2) is 43.0 Å². The van der Waals surface area contributed by atoms with Crippen molar-refractivity contribution < 1.29 is 14.3 Å². The zero-order valence-corrected chi connectivity index (χ0v) is 12.9. The highest BCUT2D eigenvalue weighted by molar-refractivity contribution is 5.84. The van der Waals surface area contributed by atoms with E-state index in [-0.39, 0.29) is 30.4 Å². The van der Waals surface area contributed by atoms with Gasteiger partial charge < -0.3 is 15.4 Å². The summed E-state index contributed by atoms with van der Waals surface area (Å²) in [4.78, 5) is 25.8. The maximum absolute atomic E-state index is 12.6. The van der Waals surface area contributed by atoms with Crippen LogP contribution in [-0.2, 0) is 14.3 Å². The topological polar surface area (TPSA) is 72.6 Å². The minimum absolute atomic E-state index is 0.0206. The number of rotatable bonds is 7. The number of nitrogens with two attached hydrogens (primary N) is 1. The average Bonchev–Trinajstić information content (AvgIpc) is 2.88. The molecule has 2 atom stereocenters. The van der Waals surface area contributed by atoms with E-state index in [1.165, 1.54) is 7.11 Å². The Morgan fingerprint density at radius 3 is 2.40 bits per heavy atom. The first kappa shape index (κ1) is 17.0. The highest BCUT2D eigenvalue weighted by atomic mass is 16.5. The fourth-order valence-electron chi connectivity index (χ4n) is 2.84. The molecule has 20 heavy (non-hydrogen) atoms. The number of esters is 1. The van der Waals surface area contributed by atoms with Crippen LogP contribution in [0.5, 0.6) is 0 Å². The fourth-order valence-corrected chi connectivity index (χ4v) is 2.84. The van der Waals surface area contributed by atoms with Crippen LogP contribution < -0.4 is 5.73 Å². The van der Waals surface area contributed by atoms with Gasteiger partial charge in [-0.25, -0.2) is 0 Å². The van der Waals surface area contributed by atoms with Gasteiger partial charge in [-0.2, -0.15) is 0 Å². The number of hydrogen-bond donors (Lipinski definition) is 1. The average molecular weight is 284 g/mol. The molecule has 1 aliphatic carbocycles. The number of nitrogens with zero attached hydrogens (tertiary/aromatic N) is 1. The van der Waals surface area contributed by atoms with Crippen LogP contribution in [0.3, 0.4) is 0 Å². The quantitative estimate of drug-likeness (QED) is 0.720. The van der Waals surface area contributed by atoms with Gasteiger partial charge in [-0.3, -0.25) is 9.59 Å². The normalized spacial score (nSPS) is 22.1. The van der Waals surface area contributed by atoms with E-state index in [0.717, 1.165) is 32.1 Å². The molecule has 0 bridgehead atoms. The van der Waals surface area contributed by atoms with Crippen LogP contribution in [0.4, 0.5) is 0 Å². The van der Waals surface area contributed by atoms with Gasteiger partial charge in [0.2, 0.25) is 5.91 Å². The highest BCUT2D eigenvalue weighted by Crippen LogP contribution is 2.26. The van der Waals surface area contributed by atoms with E-state index < -0.39 is 0 Å². The first-order valence-electron chi connectivity index (χ1n) is 7.64. The Labute approximate surface area is 121 Å². The first-order valence-corrected chi connectivity index (χ1v) is 7.64. The van der Waals surface area contributed by atoms with Gasteiger partial charge in [0.15, 0.2) is 0 Å². The second-order valence-electron chi connectivity index (χ2n) is 5.68. The Morgan fingerprint density at radius 2 is 1.95 bits per heavy atom. The molecule has 0 spiro atoms. The monoisotopic (exact) mass is 284 g/mol. The summed E-state index contributed by atoms with van der Waals surface area (Å²) >= 11 is 0. The van der Waals surface area contributed by atoms with Gasteiger partial charge >= 0.3 is 5.97 Å². The summed E-state index contributed by atoms with van der Waals surface area (Å²) in [5.41, 5.74) is 6.01. The van der Waals surface area contributed by atoms with Crippen LogP contribution in [0.25, 0.3) is 0 Å². The second-order valence-corrected chi connectivity index (χ2v) is 5.68. The van der Waals surface area contributed by atoms with Gasteiger partial charge in [0.05, 0.1) is 13.0 Å². The molecule has 1 amide bonds. The third kappa shape index (κ3) is 4.47. The summed E-state index contributed by atoms with van der Waals surface area (Å²) in [6.45, 7) is 4.87. The molecule has 116 valence electrons. The molecule has 0 aromatic carbocycles. The molecule has 1 rings (SSSR count). The van der Waals surface area contributed by atoms with E-state index in [1.54, 1.807) is 4.90 Å². The zero-order valence-electron chi connectivity index (χ0n) is 12.9. The van der Waals surface area contributed by atoms with Gasteiger partial charge in [-0.05, 0) is 18.8 Å². The van der Waals surface area contributed by atoms with Crippen molar-refractivity contribution in [2.45, 2.75) is 52.0 Å². The van der Waals surface area contributed by atoms with E-state index in [9.17, 15) is 9.59 Å². The molecular weight excluding hydrogens is 256 g/mol. The molecule has 0 heterocycles. The number of carbonyl (C=O) groups is 2. The smallest absolute Gasteiger partial charge is 0.325 e. The number of carbonyl (C=O) groups excluding carboxylic acids is 2. The molecule has 0 radical (unpaired) electrons. The van der Waals surface area contributed by atoms with Crippen LogP contribution in [0.1, 0.15) is 46.0 Å². The second kappa shape index (κ2) is 8.25. The fraction of sp³-hybridized carbons (Fsp3) is 0.867. The maximum Gasteiger partial charge on any atom is 0.325 e. The Morgan fingerprint density at radius 1 is 1.30 bits per heavy atom. The summed E-state index contributed by atoms with van der Waals surface area (Å²) in [5.74, 6) is -0.0570. The lowest BCUT2D eigenvalue weighted by atomic mass is 9.99. The number of ether oxygens (including phenoxy) is 1. The molecule has 0 aromatic heterocycles. The summed E-state index contributed by atoms with van der Waals surface area (Å²) in [6.07, 6.45) is 4.72. The van der Waals surface area contributed by atoms with Crippen molar-refractivity contribution in [2.75, 3.05) is 20.2 Å². The SMILES string of the molecule is CCC(CC)CN(CC(=O)OC)C(=O)C1CCCC1N. The third-order valence-corrected chi connectivity index (χ3v) is 4.38. The molecule has 0 aromatic rings. The minimum Gasteiger partial charge on any atom is -0.468 e. The van der Waals surface area contributed by atoms with Crippen LogP contribution in [0.15, 0.2) is 0 Å². The van der Waals surface area contributed by atoms with Crippen molar-refractivity contribution in [3.05, 3.63) is 0 Å². The van der Waals surface area contributed by atoms with Crippen LogP contribution >= 0.6 is 0 Å². The number of amides is 1. The summed E-state index contributed by atoms with van der Waals surface area (Å²) in [5, 5.41) is 0. The first-order chi connectivity index (χ1) is 9.53. The Kier molecular flexibility index (Phi) is 6.99. The lowest BCUT2D eigenvalue weighted by Gasteiger charge is -2.29. The minimum atomic E-state index is -0.365. The van der Waals surface area contributed by atoms with Crippen LogP contribution in [0, 0.1) is 11.8 Å². The van der Waals surface area contributed by atoms with Crippen molar-refractivity contribution in [3.63, 3.8) is 0 Å². The largest absolute Gasteiger partial charge is 0.468 e. The van der Waals surface area contributed by atoms with Crippen molar-refractivity contribution in [2.24, 2.45) is 17.6 Å². The van der Waals surface area contributed by atoms with Gasteiger partial charge in [-0.1, -0.05) is 33.1 Å². The van der Waals surface area contributed by atoms with E-state index in [1.807, 2.05) is 0 Å². The third-order valence-electron chi connectivity index (χ3n) is 4.38. The molecule has 2 unspecified atom stereocenters. The lowest BCUT2D eigenvalue weighted by Crippen LogP contribution is -2.46. The van der Waals surface area contributed by atoms with Gasteiger partial charge in [0.25, 0.3) is 0 Å².